The molecule has 25 heavy (non-hydrogen) atoms. The molecule has 3 rings (SSSR count). The van der Waals surface area contributed by atoms with Gasteiger partial charge in [-0.15, -0.1) is 0 Å². The quantitative estimate of drug-likeness (QED) is 0.868. The molecule has 2 aliphatic rings. The number of nitrogens with one attached hydrogen (secondary N) is 1. The molecule has 2 saturated heterocycles. The fourth-order valence-corrected chi connectivity index (χ4v) is 3.57. The smallest absolute Gasteiger partial charge is 0.245 e. The standard InChI is InChI=1S/C19H26N2O4/c1-20-17(22)14-24-16-12-19(25-13-16)7-9-21(10-8-19)18(23)11-15-5-3-2-4-6-15/h2-6,16H,7-14H2,1H3,(H,20,22). The van der Waals surface area contributed by atoms with Gasteiger partial charge in [-0.05, 0) is 18.4 Å². The van der Waals surface area contributed by atoms with Crippen LogP contribution in [0.3, 0.4) is 0 Å². The molecular weight excluding hydrogens is 320 g/mol. The number of carbonyl (C=O) groups is 2. The van der Waals surface area contributed by atoms with E-state index in [1.807, 2.05) is 35.2 Å². The first kappa shape index (κ1) is 17.9. The Labute approximate surface area is 148 Å². The van der Waals surface area contributed by atoms with Crippen molar-refractivity contribution in [1.82, 2.24) is 10.2 Å². The molecule has 2 heterocycles. The number of hydrogen-bond acceptors (Lipinski definition) is 4. The third kappa shape index (κ3) is 4.58. The predicted molar refractivity (Wildman–Crippen MR) is 93.1 cm³/mol. The van der Waals surface area contributed by atoms with Crippen LogP contribution >= 0.6 is 0 Å². The minimum atomic E-state index is -0.198. The lowest BCUT2D eigenvalue weighted by Gasteiger charge is -2.38. The van der Waals surface area contributed by atoms with Crippen LogP contribution < -0.4 is 5.32 Å². The number of likely N-dealkylation sites (tertiary alicyclic amines) is 1. The van der Waals surface area contributed by atoms with Gasteiger partial charge in [-0.2, -0.15) is 0 Å². The first-order valence-corrected chi connectivity index (χ1v) is 8.88. The number of ether oxygens (including phenoxy) is 2. The van der Waals surface area contributed by atoms with Crippen molar-refractivity contribution >= 4 is 11.8 Å². The normalized spacial score (nSPS) is 22.1. The van der Waals surface area contributed by atoms with Crippen LogP contribution in [0.1, 0.15) is 24.8 Å². The van der Waals surface area contributed by atoms with Crippen molar-refractivity contribution in [1.29, 1.82) is 0 Å². The number of rotatable bonds is 5. The van der Waals surface area contributed by atoms with Gasteiger partial charge in [0.25, 0.3) is 0 Å². The summed E-state index contributed by atoms with van der Waals surface area (Å²) in [6.45, 7) is 2.03. The van der Waals surface area contributed by atoms with Crippen molar-refractivity contribution in [2.75, 3.05) is 33.4 Å². The zero-order valence-electron chi connectivity index (χ0n) is 14.7. The minimum absolute atomic E-state index is 0.0381. The highest BCUT2D eigenvalue weighted by molar-refractivity contribution is 5.79. The van der Waals surface area contributed by atoms with Crippen molar-refractivity contribution in [3.8, 4) is 0 Å². The van der Waals surface area contributed by atoms with E-state index in [1.165, 1.54) is 0 Å². The molecule has 2 fully saturated rings. The van der Waals surface area contributed by atoms with Crippen LogP contribution in [0.2, 0.25) is 0 Å². The zero-order chi connectivity index (χ0) is 17.7. The summed E-state index contributed by atoms with van der Waals surface area (Å²) in [6.07, 6.45) is 2.86. The summed E-state index contributed by atoms with van der Waals surface area (Å²) in [5.41, 5.74) is 0.851. The summed E-state index contributed by atoms with van der Waals surface area (Å²) >= 11 is 0. The predicted octanol–water partition coefficient (Wildman–Crippen LogP) is 1.14. The Hall–Kier alpha value is -1.92. The highest BCUT2D eigenvalue weighted by Gasteiger charge is 2.43. The van der Waals surface area contributed by atoms with Crippen molar-refractivity contribution in [2.24, 2.45) is 0 Å². The highest BCUT2D eigenvalue weighted by atomic mass is 16.6. The third-order valence-electron chi connectivity index (χ3n) is 5.13. The summed E-state index contributed by atoms with van der Waals surface area (Å²) < 4.78 is 11.6. The molecule has 0 bridgehead atoms. The molecule has 1 N–H and O–H groups in total. The summed E-state index contributed by atoms with van der Waals surface area (Å²) in [7, 11) is 1.60. The Morgan fingerprint density at radius 1 is 1.28 bits per heavy atom. The van der Waals surface area contributed by atoms with Crippen LogP contribution in [0.25, 0.3) is 0 Å². The Kier molecular flexibility index (Phi) is 5.71. The second kappa shape index (κ2) is 7.97. The number of benzene rings is 1. The van der Waals surface area contributed by atoms with Gasteiger partial charge >= 0.3 is 0 Å². The SMILES string of the molecule is CNC(=O)COC1COC2(CCN(C(=O)Cc3ccccc3)CC2)C1. The fraction of sp³-hybridized carbons (Fsp3) is 0.579. The Balaban J connectivity index is 1.45. The largest absolute Gasteiger partial charge is 0.372 e. The van der Waals surface area contributed by atoms with E-state index in [-0.39, 0.29) is 30.1 Å². The molecule has 0 saturated carbocycles. The number of carbonyl (C=O) groups excluding carboxylic acids is 2. The number of nitrogens with zero attached hydrogens (tertiary/aromatic N) is 1. The summed E-state index contributed by atoms with van der Waals surface area (Å²) in [5, 5.41) is 2.55. The van der Waals surface area contributed by atoms with E-state index in [2.05, 4.69) is 5.32 Å². The van der Waals surface area contributed by atoms with Gasteiger partial charge in [0.1, 0.15) is 6.61 Å². The number of piperidine rings is 1. The van der Waals surface area contributed by atoms with E-state index in [0.717, 1.165) is 24.8 Å². The van der Waals surface area contributed by atoms with E-state index in [1.54, 1.807) is 7.05 Å². The van der Waals surface area contributed by atoms with Gasteiger partial charge < -0.3 is 19.7 Å². The molecule has 0 radical (unpaired) electrons. The molecule has 6 nitrogen and oxygen atoms in total. The second-order valence-corrected chi connectivity index (χ2v) is 6.85. The van der Waals surface area contributed by atoms with E-state index < -0.39 is 0 Å². The van der Waals surface area contributed by atoms with Crippen LogP contribution in [0.4, 0.5) is 0 Å². The maximum Gasteiger partial charge on any atom is 0.245 e. The first-order valence-electron chi connectivity index (χ1n) is 8.88. The maximum atomic E-state index is 12.5. The topological polar surface area (TPSA) is 67.9 Å². The van der Waals surface area contributed by atoms with Crippen molar-refractivity contribution in [2.45, 2.75) is 37.4 Å². The summed E-state index contributed by atoms with van der Waals surface area (Å²) in [4.78, 5) is 25.7. The van der Waals surface area contributed by atoms with E-state index in [4.69, 9.17) is 9.47 Å². The molecule has 1 atom stereocenters. The van der Waals surface area contributed by atoms with Gasteiger partial charge in [0.2, 0.25) is 11.8 Å². The molecule has 1 aromatic rings. The van der Waals surface area contributed by atoms with Crippen LogP contribution in [-0.4, -0.2) is 61.8 Å². The summed E-state index contributed by atoms with van der Waals surface area (Å²) in [6, 6.07) is 9.84. The van der Waals surface area contributed by atoms with Gasteiger partial charge in [0, 0.05) is 26.6 Å². The average Bonchev–Trinajstić information content (AvgIpc) is 3.03. The van der Waals surface area contributed by atoms with Crippen LogP contribution in [0.5, 0.6) is 0 Å². The highest BCUT2D eigenvalue weighted by Crippen LogP contribution is 2.37. The minimum Gasteiger partial charge on any atom is -0.372 e. The van der Waals surface area contributed by atoms with Gasteiger partial charge in [-0.1, -0.05) is 30.3 Å². The van der Waals surface area contributed by atoms with E-state index in [0.29, 0.717) is 26.1 Å². The molecule has 2 aliphatic heterocycles. The number of hydrogen-bond donors (Lipinski definition) is 1. The van der Waals surface area contributed by atoms with Gasteiger partial charge in [-0.3, -0.25) is 9.59 Å². The lowest BCUT2D eigenvalue weighted by Crippen LogP contribution is -2.47. The molecule has 1 unspecified atom stereocenters. The van der Waals surface area contributed by atoms with Crippen LogP contribution in [-0.2, 0) is 25.5 Å². The van der Waals surface area contributed by atoms with Crippen molar-refractivity contribution in [3.63, 3.8) is 0 Å². The van der Waals surface area contributed by atoms with E-state index >= 15 is 0 Å². The first-order chi connectivity index (χ1) is 12.1. The number of likely N-dealkylation sites (N-methyl/N-ethyl adjacent to an activating group) is 1. The number of amides is 2. The molecule has 0 aliphatic carbocycles. The molecule has 136 valence electrons. The van der Waals surface area contributed by atoms with Crippen molar-refractivity contribution in [3.05, 3.63) is 35.9 Å². The van der Waals surface area contributed by atoms with E-state index in [9.17, 15) is 9.59 Å². The molecular formula is C19H26N2O4. The molecule has 1 aromatic carbocycles. The Bertz CT molecular complexity index is 597. The second-order valence-electron chi connectivity index (χ2n) is 6.85. The van der Waals surface area contributed by atoms with Crippen LogP contribution in [0.15, 0.2) is 30.3 Å². The zero-order valence-corrected chi connectivity index (χ0v) is 14.7. The summed E-state index contributed by atoms with van der Waals surface area (Å²) in [5.74, 6) is 0.0498. The van der Waals surface area contributed by atoms with Crippen LogP contribution in [0, 0.1) is 0 Å². The third-order valence-corrected chi connectivity index (χ3v) is 5.13. The maximum absolute atomic E-state index is 12.5. The lowest BCUT2D eigenvalue weighted by molar-refractivity contribution is -0.135. The van der Waals surface area contributed by atoms with Crippen molar-refractivity contribution < 1.29 is 19.1 Å². The Morgan fingerprint density at radius 3 is 2.68 bits per heavy atom. The molecule has 6 heteroatoms. The fourth-order valence-electron chi connectivity index (χ4n) is 3.57. The van der Waals surface area contributed by atoms with Gasteiger partial charge in [0.05, 0.1) is 24.7 Å². The van der Waals surface area contributed by atoms with Gasteiger partial charge in [0.15, 0.2) is 0 Å². The average molecular weight is 346 g/mol. The monoisotopic (exact) mass is 346 g/mol. The molecule has 2 amide bonds. The molecule has 1 spiro atoms. The van der Waals surface area contributed by atoms with Gasteiger partial charge in [-0.25, -0.2) is 0 Å². The lowest BCUT2D eigenvalue weighted by atomic mass is 9.87. The molecule has 0 aromatic heterocycles. The Morgan fingerprint density at radius 2 is 2.00 bits per heavy atom.